The van der Waals surface area contributed by atoms with E-state index in [1.54, 1.807) is 11.1 Å². The molecule has 0 saturated carbocycles. The molecule has 86 valence electrons. The van der Waals surface area contributed by atoms with Gasteiger partial charge in [0, 0.05) is 25.6 Å². The fourth-order valence-corrected chi connectivity index (χ4v) is 2.84. The van der Waals surface area contributed by atoms with Crippen LogP contribution in [-0.2, 0) is 6.42 Å². The van der Waals surface area contributed by atoms with Gasteiger partial charge in [0.1, 0.15) is 0 Å². The molecule has 3 rings (SSSR count). The van der Waals surface area contributed by atoms with Crippen molar-refractivity contribution in [2.24, 2.45) is 0 Å². The molecule has 0 bridgehead atoms. The summed E-state index contributed by atoms with van der Waals surface area (Å²) in [6, 6.07) is 8.84. The maximum Gasteiger partial charge on any atom is 0.0174 e. The van der Waals surface area contributed by atoms with Crippen molar-refractivity contribution in [2.45, 2.75) is 31.6 Å². The van der Waals surface area contributed by atoms with Crippen LogP contribution in [0.25, 0.3) is 0 Å². The quantitative estimate of drug-likeness (QED) is 0.834. The highest BCUT2D eigenvalue weighted by atomic mass is 15.5. The molecule has 1 N–H and O–H groups in total. The maximum absolute atomic E-state index is 3.60. The topological polar surface area (TPSA) is 15.3 Å². The zero-order valence-electron chi connectivity index (χ0n) is 9.78. The highest BCUT2D eigenvalue weighted by Crippen LogP contribution is 2.34. The Bertz CT molecular complexity index is 356. The minimum atomic E-state index is 0.748. The Morgan fingerprint density at radius 1 is 1.12 bits per heavy atom. The van der Waals surface area contributed by atoms with E-state index in [0.717, 1.165) is 12.5 Å². The second-order valence-corrected chi connectivity index (χ2v) is 5.01. The number of hydrazine groups is 1. The molecule has 2 aliphatic rings. The van der Waals surface area contributed by atoms with E-state index < -0.39 is 0 Å². The Balaban J connectivity index is 1.50. The van der Waals surface area contributed by atoms with E-state index in [0.29, 0.717) is 0 Å². The lowest BCUT2D eigenvalue weighted by atomic mass is 9.78. The molecular formula is C14H20N2. The SMILES string of the molecule is c1ccc2c(c1)CC2CNN1CCCCC1. The summed E-state index contributed by atoms with van der Waals surface area (Å²) >= 11 is 0. The average Bonchev–Trinajstić information content (AvgIpc) is 2.32. The standard InChI is InChI=1S/C14H20N2/c1-4-8-16(9-5-1)15-11-13-10-12-6-2-3-7-14(12)13/h2-3,6-7,13,15H,1,4-5,8-11H2. The van der Waals surface area contributed by atoms with E-state index >= 15 is 0 Å². The van der Waals surface area contributed by atoms with Gasteiger partial charge in [0.05, 0.1) is 0 Å². The van der Waals surface area contributed by atoms with Crippen LogP contribution < -0.4 is 5.43 Å². The molecule has 0 aromatic heterocycles. The molecule has 1 aromatic rings. The van der Waals surface area contributed by atoms with E-state index in [1.165, 1.54) is 38.8 Å². The average molecular weight is 216 g/mol. The van der Waals surface area contributed by atoms with Gasteiger partial charge in [-0.3, -0.25) is 5.43 Å². The zero-order chi connectivity index (χ0) is 10.8. The molecule has 1 aliphatic heterocycles. The van der Waals surface area contributed by atoms with Gasteiger partial charge in [-0.2, -0.15) is 0 Å². The van der Waals surface area contributed by atoms with Crippen molar-refractivity contribution in [1.29, 1.82) is 0 Å². The van der Waals surface area contributed by atoms with Crippen molar-refractivity contribution in [3.8, 4) is 0 Å². The fourth-order valence-electron chi connectivity index (χ4n) is 2.84. The van der Waals surface area contributed by atoms with Gasteiger partial charge in [0.15, 0.2) is 0 Å². The summed E-state index contributed by atoms with van der Waals surface area (Å²) in [4.78, 5) is 0. The van der Waals surface area contributed by atoms with Crippen LogP contribution in [-0.4, -0.2) is 24.6 Å². The van der Waals surface area contributed by atoms with Crippen LogP contribution in [0.2, 0.25) is 0 Å². The van der Waals surface area contributed by atoms with Crippen LogP contribution in [0.1, 0.15) is 36.3 Å². The summed E-state index contributed by atoms with van der Waals surface area (Å²) in [6.07, 6.45) is 5.38. The highest BCUT2D eigenvalue weighted by Gasteiger charge is 2.25. The van der Waals surface area contributed by atoms with Gasteiger partial charge < -0.3 is 0 Å². The summed E-state index contributed by atoms with van der Waals surface area (Å²) in [5.41, 5.74) is 6.71. The molecule has 1 atom stereocenters. The number of nitrogens with zero attached hydrogens (tertiary/aromatic N) is 1. The maximum atomic E-state index is 3.60. The Labute approximate surface area is 97.6 Å². The second kappa shape index (κ2) is 4.56. The predicted octanol–water partition coefficient (Wildman–Crippen LogP) is 2.32. The molecule has 0 spiro atoms. The summed E-state index contributed by atoms with van der Waals surface area (Å²) in [7, 11) is 0. The van der Waals surface area contributed by atoms with Crippen molar-refractivity contribution >= 4 is 0 Å². The van der Waals surface area contributed by atoms with Crippen LogP contribution >= 0.6 is 0 Å². The predicted molar refractivity (Wildman–Crippen MR) is 66.3 cm³/mol. The van der Waals surface area contributed by atoms with Crippen molar-refractivity contribution in [1.82, 2.24) is 10.4 Å². The number of piperidine rings is 1. The molecule has 1 aliphatic carbocycles. The number of hydrogen-bond donors (Lipinski definition) is 1. The molecule has 1 saturated heterocycles. The third-order valence-electron chi connectivity index (χ3n) is 3.88. The fraction of sp³-hybridized carbons (Fsp3) is 0.571. The monoisotopic (exact) mass is 216 g/mol. The van der Waals surface area contributed by atoms with Gasteiger partial charge in [0.2, 0.25) is 0 Å². The number of hydrogen-bond acceptors (Lipinski definition) is 2. The molecule has 1 fully saturated rings. The Hall–Kier alpha value is -0.860. The van der Waals surface area contributed by atoms with Gasteiger partial charge in [0.25, 0.3) is 0 Å². The second-order valence-electron chi connectivity index (χ2n) is 5.01. The first-order chi connectivity index (χ1) is 7.93. The summed E-state index contributed by atoms with van der Waals surface area (Å²) in [5.74, 6) is 0.748. The number of rotatable bonds is 3. The first-order valence-corrected chi connectivity index (χ1v) is 6.50. The lowest BCUT2D eigenvalue weighted by Crippen LogP contribution is -2.44. The molecule has 0 amide bonds. The van der Waals surface area contributed by atoms with Crippen LogP contribution in [0.4, 0.5) is 0 Å². The van der Waals surface area contributed by atoms with Crippen LogP contribution in [0.15, 0.2) is 24.3 Å². The van der Waals surface area contributed by atoms with Gasteiger partial charge in [-0.1, -0.05) is 30.7 Å². The van der Waals surface area contributed by atoms with Crippen molar-refractivity contribution in [2.75, 3.05) is 19.6 Å². The minimum absolute atomic E-state index is 0.748. The summed E-state index contributed by atoms with van der Waals surface area (Å²) in [6.45, 7) is 3.58. The van der Waals surface area contributed by atoms with E-state index in [1.807, 2.05) is 0 Å². The van der Waals surface area contributed by atoms with E-state index in [9.17, 15) is 0 Å². The zero-order valence-corrected chi connectivity index (χ0v) is 9.78. The first kappa shape index (κ1) is 10.3. The third-order valence-corrected chi connectivity index (χ3v) is 3.88. The molecule has 0 radical (unpaired) electrons. The van der Waals surface area contributed by atoms with E-state index in [2.05, 4.69) is 34.7 Å². The third kappa shape index (κ3) is 2.00. The normalized spacial score (nSPS) is 24.9. The lowest BCUT2D eigenvalue weighted by molar-refractivity contribution is 0.148. The van der Waals surface area contributed by atoms with Gasteiger partial charge in [-0.15, -0.1) is 0 Å². The molecule has 16 heavy (non-hydrogen) atoms. The number of fused-ring (bicyclic) bond motifs is 1. The molecule has 1 aromatic carbocycles. The Kier molecular flexibility index (Phi) is 2.94. The highest BCUT2D eigenvalue weighted by molar-refractivity contribution is 5.40. The largest absolute Gasteiger partial charge is 0.255 e. The first-order valence-electron chi connectivity index (χ1n) is 6.50. The van der Waals surface area contributed by atoms with E-state index in [-0.39, 0.29) is 0 Å². The molecule has 1 heterocycles. The van der Waals surface area contributed by atoms with Crippen molar-refractivity contribution < 1.29 is 0 Å². The van der Waals surface area contributed by atoms with Crippen LogP contribution in [0.3, 0.4) is 0 Å². The Morgan fingerprint density at radius 3 is 2.75 bits per heavy atom. The molecule has 1 unspecified atom stereocenters. The molecular weight excluding hydrogens is 196 g/mol. The van der Waals surface area contributed by atoms with Crippen molar-refractivity contribution in [3.63, 3.8) is 0 Å². The van der Waals surface area contributed by atoms with Crippen LogP contribution in [0.5, 0.6) is 0 Å². The smallest absolute Gasteiger partial charge is 0.0174 e. The lowest BCUT2D eigenvalue weighted by Gasteiger charge is -2.34. The minimum Gasteiger partial charge on any atom is -0.255 e. The molecule has 2 nitrogen and oxygen atoms in total. The molecule has 2 heteroatoms. The summed E-state index contributed by atoms with van der Waals surface area (Å²) in [5, 5.41) is 2.41. The summed E-state index contributed by atoms with van der Waals surface area (Å²) < 4.78 is 0. The van der Waals surface area contributed by atoms with Crippen LogP contribution in [0, 0.1) is 0 Å². The van der Waals surface area contributed by atoms with Gasteiger partial charge in [-0.05, 0) is 30.4 Å². The Morgan fingerprint density at radius 2 is 1.94 bits per heavy atom. The van der Waals surface area contributed by atoms with Crippen molar-refractivity contribution in [3.05, 3.63) is 35.4 Å². The number of benzene rings is 1. The van der Waals surface area contributed by atoms with Gasteiger partial charge in [-0.25, -0.2) is 5.01 Å². The van der Waals surface area contributed by atoms with E-state index in [4.69, 9.17) is 0 Å². The van der Waals surface area contributed by atoms with Gasteiger partial charge >= 0.3 is 0 Å². The number of nitrogens with one attached hydrogen (secondary N) is 1.